The van der Waals surface area contributed by atoms with Crippen molar-refractivity contribution in [2.24, 2.45) is 17.8 Å². The van der Waals surface area contributed by atoms with Crippen LogP contribution in [0.5, 0.6) is 0 Å². The number of nitrogens with zero attached hydrogens (tertiary/aromatic N) is 1. The molecule has 0 spiro atoms. The van der Waals surface area contributed by atoms with Gasteiger partial charge in [-0.3, -0.25) is 4.79 Å². The lowest BCUT2D eigenvalue weighted by molar-refractivity contribution is -0.143. The number of carbonyl (C=O) groups is 1. The molecule has 1 aliphatic rings. The zero-order valence-electron chi connectivity index (χ0n) is 28.0. The summed E-state index contributed by atoms with van der Waals surface area (Å²) >= 11 is 0. The van der Waals surface area contributed by atoms with Crippen molar-refractivity contribution < 1.29 is 9.53 Å². The third-order valence-corrected chi connectivity index (χ3v) is 9.47. The van der Waals surface area contributed by atoms with Gasteiger partial charge in [0.05, 0.1) is 6.61 Å². The van der Waals surface area contributed by atoms with E-state index in [9.17, 15) is 4.79 Å². The van der Waals surface area contributed by atoms with E-state index >= 15 is 0 Å². The standard InChI is InChI=1S/C37H73NO2/c1-5-7-8-9-10-11-12-13-14-15-16-17-18-19-20-22-25-28-34(31-32-38(3)4)36-33-35(36)29-26-23-21-24-27-30-37(39)40-6-2/h34-36H,5-33H2,1-4H3. The minimum atomic E-state index is -0.0216. The molecule has 3 nitrogen and oxygen atoms in total. The molecule has 1 saturated carbocycles. The molecule has 238 valence electrons. The van der Waals surface area contributed by atoms with Crippen molar-refractivity contribution >= 4 is 5.97 Å². The maximum Gasteiger partial charge on any atom is 0.305 e. The van der Waals surface area contributed by atoms with E-state index in [4.69, 9.17) is 4.74 Å². The van der Waals surface area contributed by atoms with Crippen LogP contribution in [-0.4, -0.2) is 38.1 Å². The van der Waals surface area contributed by atoms with E-state index in [2.05, 4.69) is 25.9 Å². The van der Waals surface area contributed by atoms with E-state index in [0.29, 0.717) is 13.0 Å². The van der Waals surface area contributed by atoms with Gasteiger partial charge in [-0.25, -0.2) is 0 Å². The highest BCUT2D eigenvalue weighted by molar-refractivity contribution is 5.69. The fourth-order valence-corrected chi connectivity index (χ4v) is 6.75. The van der Waals surface area contributed by atoms with Gasteiger partial charge in [0, 0.05) is 6.42 Å². The van der Waals surface area contributed by atoms with Gasteiger partial charge < -0.3 is 9.64 Å². The highest BCUT2D eigenvalue weighted by Crippen LogP contribution is 2.50. The van der Waals surface area contributed by atoms with Crippen LogP contribution in [0.4, 0.5) is 0 Å². The Labute approximate surface area is 252 Å². The predicted molar refractivity (Wildman–Crippen MR) is 176 cm³/mol. The van der Waals surface area contributed by atoms with E-state index in [1.165, 1.54) is 167 Å². The highest BCUT2D eigenvalue weighted by atomic mass is 16.5. The van der Waals surface area contributed by atoms with Crippen LogP contribution >= 0.6 is 0 Å². The van der Waals surface area contributed by atoms with E-state index < -0.39 is 0 Å². The van der Waals surface area contributed by atoms with Gasteiger partial charge in [-0.1, -0.05) is 155 Å². The Kier molecular flexibility index (Phi) is 25.5. The van der Waals surface area contributed by atoms with Gasteiger partial charge in [-0.05, 0) is 64.6 Å². The van der Waals surface area contributed by atoms with Crippen LogP contribution in [0.3, 0.4) is 0 Å². The number of hydrogen-bond acceptors (Lipinski definition) is 3. The van der Waals surface area contributed by atoms with Crippen molar-refractivity contribution in [2.45, 2.75) is 187 Å². The molecule has 0 N–H and O–H groups in total. The summed E-state index contributed by atoms with van der Waals surface area (Å²) in [5.41, 5.74) is 0. The molecule has 1 fully saturated rings. The minimum absolute atomic E-state index is 0.0216. The summed E-state index contributed by atoms with van der Waals surface area (Å²) in [6.45, 7) is 5.96. The van der Waals surface area contributed by atoms with Gasteiger partial charge in [-0.2, -0.15) is 0 Å². The Bertz CT molecular complexity index is 548. The normalized spacial score (nSPS) is 17.4. The lowest BCUT2D eigenvalue weighted by atomic mass is 9.90. The number of hydrogen-bond donors (Lipinski definition) is 0. The molecule has 0 heterocycles. The topological polar surface area (TPSA) is 29.5 Å². The van der Waals surface area contributed by atoms with Gasteiger partial charge in [-0.15, -0.1) is 0 Å². The molecule has 3 atom stereocenters. The summed E-state index contributed by atoms with van der Waals surface area (Å²) in [6.07, 6.45) is 37.4. The van der Waals surface area contributed by atoms with Crippen LogP contribution in [0.2, 0.25) is 0 Å². The molecule has 3 heteroatoms. The minimum Gasteiger partial charge on any atom is -0.466 e. The van der Waals surface area contributed by atoms with Gasteiger partial charge in [0.25, 0.3) is 0 Å². The third kappa shape index (κ3) is 23.0. The van der Waals surface area contributed by atoms with E-state index in [0.717, 1.165) is 24.2 Å². The van der Waals surface area contributed by atoms with Gasteiger partial charge in [0.15, 0.2) is 0 Å². The second-order valence-corrected chi connectivity index (χ2v) is 13.6. The average Bonchev–Trinajstić information content (AvgIpc) is 3.70. The fraction of sp³-hybridized carbons (Fsp3) is 0.973. The molecule has 40 heavy (non-hydrogen) atoms. The number of ether oxygens (including phenoxy) is 1. The van der Waals surface area contributed by atoms with Crippen LogP contribution in [0.25, 0.3) is 0 Å². The van der Waals surface area contributed by atoms with E-state index in [1.807, 2.05) is 6.92 Å². The number of rotatable bonds is 31. The highest BCUT2D eigenvalue weighted by Gasteiger charge is 2.41. The second-order valence-electron chi connectivity index (χ2n) is 13.6. The van der Waals surface area contributed by atoms with Crippen LogP contribution in [0, 0.1) is 17.8 Å². The van der Waals surface area contributed by atoms with E-state index in [-0.39, 0.29) is 5.97 Å². The first-order valence-electron chi connectivity index (χ1n) is 18.4. The Hall–Kier alpha value is -0.570. The SMILES string of the molecule is CCCCCCCCCCCCCCCCCCCC(CCN(C)C)C1CC1CCCCCCCC(=O)OCC. The largest absolute Gasteiger partial charge is 0.466 e. The van der Waals surface area contributed by atoms with Crippen molar-refractivity contribution in [2.75, 3.05) is 27.2 Å². The first kappa shape index (κ1) is 37.5. The summed E-state index contributed by atoms with van der Waals surface area (Å²) in [5, 5.41) is 0. The van der Waals surface area contributed by atoms with Crippen molar-refractivity contribution in [1.82, 2.24) is 4.90 Å². The Morgan fingerprint density at radius 1 is 0.650 bits per heavy atom. The quantitative estimate of drug-likeness (QED) is 0.0620. The zero-order chi connectivity index (χ0) is 29.1. The van der Waals surface area contributed by atoms with Crippen molar-refractivity contribution in [3.8, 4) is 0 Å². The Balaban J connectivity index is 1.97. The molecule has 0 bridgehead atoms. The zero-order valence-corrected chi connectivity index (χ0v) is 28.0. The number of unbranched alkanes of at least 4 members (excludes halogenated alkanes) is 20. The molecule has 1 aliphatic carbocycles. The van der Waals surface area contributed by atoms with Crippen LogP contribution in [0.15, 0.2) is 0 Å². The first-order chi connectivity index (χ1) is 19.6. The molecular weight excluding hydrogens is 490 g/mol. The summed E-state index contributed by atoms with van der Waals surface area (Å²) < 4.78 is 5.02. The second kappa shape index (κ2) is 27.3. The van der Waals surface area contributed by atoms with Crippen LogP contribution in [0.1, 0.15) is 187 Å². The first-order valence-corrected chi connectivity index (χ1v) is 18.4. The predicted octanol–water partition coefficient (Wildman–Crippen LogP) is 11.5. The molecule has 0 aromatic rings. The van der Waals surface area contributed by atoms with Crippen molar-refractivity contribution in [1.29, 1.82) is 0 Å². The van der Waals surface area contributed by atoms with Crippen LogP contribution in [-0.2, 0) is 9.53 Å². The third-order valence-electron chi connectivity index (χ3n) is 9.47. The number of esters is 1. The van der Waals surface area contributed by atoms with E-state index in [1.54, 1.807) is 0 Å². The van der Waals surface area contributed by atoms with Gasteiger partial charge in [0.2, 0.25) is 0 Å². The Morgan fingerprint density at radius 2 is 1.12 bits per heavy atom. The summed E-state index contributed by atoms with van der Waals surface area (Å²) in [6, 6.07) is 0. The summed E-state index contributed by atoms with van der Waals surface area (Å²) in [4.78, 5) is 13.8. The fourth-order valence-electron chi connectivity index (χ4n) is 6.75. The lowest BCUT2D eigenvalue weighted by Gasteiger charge is -2.20. The molecule has 0 aromatic heterocycles. The van der Waals surface area contributed by atoms with Crippen molar-refractivity contribution in [3.63, 3.8) is 0 Å². The summed E-state index contributed by atoms with van der Waals surface area (Å²) in [5.74, 6) is 2.97. The average molecular weight is 564 g/mol. The van der Waals surface area contributed by atoms with Crippen molar-refractivity contribution in [3.05, 3.63) is 0 Å². The molecule has 3 unspecified atom stereocenters. The molecule has 0 saturated heterocycles. The molecule has 0 aliphatic heterocycles. The monoisotopic (exact) mass is 564 g/mol. The van der Waals surface area contributed by atoms with Gasteiger partial charge >= 0.3 is 5.97 Å². The molecular formula is C37H73NO2. The smallest absolute Gasteiger partial charge is 0.305 e. The molecule has 0 radical (unpaired) electrons. The summed E-state index contributed by atoms with van der Waals surface area (Å²) in [7, 11) is 4.47. The number of carbonyl (C=O) groups excluding carboxylic acids is 1. The molecule has 0 aromatic carbocycles. The maximum absolute atomic E-state index is 11.4. The lowest BCUT2D eigenvalue weighted by Crippen LogP contribution is -2.18. The Morgan fingerprint density at radius 3 is 1.62 bits per heavy atom. The van der Waals surface area contributed by atoms with Gasteiger partial charge in [0.1, 0.15) is 0 Å². The van der Waals surface area contributed by atoms with Crippen LogP contribution < -0.4 is 0 Å². The maximum atomic E-state index is 11.4. The molecule has 1 rings (SSSR count). The molecule has 0 amide bonds.